The molecule has 1 rings (SSSR count). The van der Waals surface area contributed by atoms with Crippen molar-refractivity contribution in [2.75, 3.05) is 5.75 Å². The topological polar surface area (TPSA) is 86.5 Å². The zero-order chi connectivity index (χ0) is 19.1. The van der Waals surface area contributed by atoms with E-state index in [-0.39, 0.29) is 22.6 Å². The number of rotatable bonds is 10. The molecule has 6 nitrogen and oxygen atoms in total. The molecule has 0 fully saturated rings. The molecule has 7 heteroatoms. The third-order valence-electron chi connectivity index (χ3n) is 3.99. The van der Waals surface area contributed by atoms with Crippen molar-refractivity contribution in [1.82, 2.24) is 0 Å². The zero-order valence-corrected chi connectivity index (χ0v) is 16.4. The Labute approximate surface area is 150 Å². The van der Waals surface area contributed by atoms with Gasteiger partial charge in [0.05, 0.1) is 10.7 Å². The lowest BCUT2D eigenvalue weighted by Gasteiger charge is -2.19. The number of nitrogens with zero attached hydrogens (tertiary/aromatic N) is 1. The maximum Gasteiger partial charge on any atom is 0.312 e. The van der Waals surface area contributed by atoms with Gasteiger partial charge < -0.3 is 4.18 Å². The summed E-state index contributed by atoms with van der Waals surface area (Å²) >= 11 is 0. The first-order chi connectivity index (χ1) is 11.6. The lowest BCUT2D eigenvalue weighted by Crippen LogP contribution is -2.16. The van der Waals surface area contributed by atoms with Gasteiger partial charge in [-0.25, -0.2) is 0 Å². The fraction of sp³-hybridized carbons (Fsp3) is 0.667. The Balaban J connectivity index is 2.78. The maximum atomic E-state index is 12.1. The largest absolute Gasteiger partial charge is 0.375 e. The molecule has 0 aliphatic rings. The number of unbranched alkanes of at least 4 members (excludes halogenated alkanes) is 5. The van der Waals surface area contributed by atoms with E-state index in [1.165, 1.54) is 12.1 Å². The molecule has 1 aromatic carbocycles. The van der Waals surface area contributed by atoms with E-state index in [0.717, 1.165) is 37.7 Å². The van der Waals surface area contributed by atoms with Crippen LogP contribution in [0.4, 0.5) is 5.69 Å². The van der Waals surface area contributed by atoms with E-state index in [1.807, 2.05) is 20.8 Å². The number of nitro groups is 1. The van der Waals surface area contributed by atoms with Crippen LogP contribution in [0.5, 0.6) is 5.75 Å². The predicted octanol–water partition coefficient (Wildman–Crippen LogP) is 4.96. The van der Waals surface area contributed by atoms with Gasteiger partial charge in [-0.1, -0.05) is 65.9 Å². The van der Waals surface area contributed by atoms with Gasteiger partial charge in [-0.05, 0) is 23.5 Å². The van der Waals surface area contributed by atoms with Gasteiger partial charge in [0.25, 0.3) is 0 Å². The fourth-order valence-electron chi connectivity index (χ4n) is 2.43. The molecule has 0 aliphatic carbocycles. The van der Waals surface area contributed by atoms with Crippen LogP contribution < -0.4 is 4.18 Å². The molecule has 0 heterocycles. The van der Waals surface area contributed by atoms with Gasteiger partial charge in [-0.15, -0.1) is 0 Å². The van der Waals surface area contributed by atoms with Crippen LogP contribution in [0.1, 0.15) is 71.8 Å². The van der Waals surface area contributed by atoms with E-state index in [0.29, 0.717) is 6.42 Å². The molecular weight excluding hydrogens is 342 g/mol. The van der Waals surface area contributed by atoms with Crippen molar-refractivity contribution >= 4 is 15.8 Å². The van der Waals surface area contributed by atoms with Gasteiger partial charge in [-0.2, -0.15) is 8.42 Å². The summed E-state index contributed by atoms with van der Waals surface area (Å²) in [7, 11) is -3.84. The second kappa shape index (κ2) is 9.17. The predicted molar refractivity (Wildman–Crippen MR) is 99.6 cm³/mol. The highest BCUT2D eigenvalue weighted by molar-refractivity contribution is 7.87. The normalized spacial score (nSPS) is 12.2. The third-order valence-corrected chi connectivity index (χ3v) is 5.21. The molecule has 25 heavy (non-hydrogen) atoms. The Bertz CT molecular complexity index is 677. The van der Waals surface area contributed by atoms with Crippen LogP contribution in [0.2, 0.25) is 0 Å². The van der Waals surface area contributed by atoms with Crippen molar-refractivity contribution in [2.45, 2.75) is 71.6 Å². The highest BCUT2D eigenvalue weighted by Crippen LogP contribution is 2.33. The van der Waals surface area contributed by atoms with Crippen molar-refractivity contribution in [3.8, 4) is 5.75 Å². The van der Waals surface area contributed by atoms with Crippen molar-refractivity contribution in [2.24, 2.45) is 0 Å². The molecular formula is C18H29NO5S. The van der Waals surface area contributed by atoms with Crippen LogP contribution in [-0.4, -0.2) is 19.1 Å². The lowest BCUT2D eigenvalue weighted by atomic mass is 9.87. The number of benzene rings is 1. The zero-order valence-electron chi connectivity index (χ0n) is 15.6. The summed E-state index contributed by atoms with van der Waals surface area (Å²) in [5.74, 6) is -0.346. The van der Waals surface area contributed by atoms with Gasteiger partial charge in [0.15, 0.2) is 0 Å². The summed E-state index contributed by atoms with van der Waals surface area (Å²) in [5, 5.41) is 11.3. The molecule has 0 bridgehead atoms. The Hall–Kier alpha value is -1.63. The van der Waals surface area contributed by atoms with E-state index >= 15 is 0 Å². The standard InChI is InChI=1S/C18H29NO5S/c1-5-6-7-8-9-10-13-25(22,23)24-17-12-11-15(18(2,3)4)14-16(17)19(20)21/h11-12,14H,5-10,13H2,1-4H3. The fourth-order valence-corrected chi connectivity index (χ4v) is 3.49. The van der Waals surface area contributed by atoms with Crippen molar-refractivity contribution in [3.05, 3.63) is 33.9 Å². The average molecular weight is 371 g/mol. The van der Waals surface area contributed by atoms with Crippen LogP contribution >= 0.6 is 0 Å². The van der Waals surface area contributed by atoms with Crippen molar-refractivity contribution in [3.63, 3.8) is 0 Å². The Morgan fingerprint density at radius 3 is 2.24 bits per heavy atom. The van der Waals surface area contributed by atoms with Gasteiger partial charge in [0.1, 0.15) is 0 Å². The lowest BCUT2D eigenvalue weighted by molar-refractivity contribution is -0.385. The Kier molecular flexibility index (Phi) is 7.86. The molecule has 0 amide bonds. The van der Waals surface area contributed by atoms with E-state index in [4.69, 9.17) is 4.18 Å². The maximum absolute atomic E-state index is 12.1. The number of hydrogen-bond donors (Lipinski definition) is 0. The van der Waals surface area contributed by atoms with Gasteiger partial charge >= 0.3 is 15.8 Å². The smallest absolute Gasteiger partial charge is 0.312 e. The molecule has 1 aromatic rings. The molecule has 0 saturated carbocycles. The van der Waals surface area contributed by atoms with Gasteiger partial charge in [0, 0.05) is 6.07 Å². The van der Waals surface area contributed by atoms with Crippen LogP contribution in [0, 0.1) is 10.1 Å². The van der Waals surface area contributed by atoms with E-state index < -0.39 is 15.0 Å². The summed E-state index contributed by atoms with van der Waals surface area (Å²) in [6, 6.07) is 4.43. The number of hydrogen-bond acceptors (Lipinski definition) is 5. The first kappa shape index (κ1) is 21.4. The summed E-state index contributed by atoms with van der Waals surface area (Å²) in [6.45, 7) is 7.92. The van der Waals surface area contributed by atoms with Crippen LogP contribution in [-0.2, 0) is 15.5 Å². The minimum Gasteiger partial charge on any atom is -0.375 e. The third kappa shape index (κ3) is 7.42. The van der Waals surface area contributed by atoms with Crippen molar-refractivity contribution in [1.29, 1.82) is 0 Å². The second-order valence-electron chi connectivity index (χ2n) is 7.30. The second-order valence-corrected chi connectivity index (χ2v) is 8.99. The highest BCUT2D eigenvalue weighted by atomic mass is 32.2. The SMILES string of the molecule is CCCCCCCCS(=O)(=O)Oc1ccc(C(C)(C)C)cc1[N+](=O)[O-]. The van der Waals surface area contributed by atoms with E-state index in [2.05, 4.69) is 6.92 Å². The van der Waals surface area contributed by atoms with E-state index in [1.54, 1.807) is 6.07 Å². The van der Waals surface area contributed by atoms with Crippen molar-refractivity contribution < 1.29 is 17.5 Å². The summed E-state index contributed by atoms with van der Waals surface area (Å²) in [6.07, 6.45) is 5.68. The molecule has 0 aromatic heterocycles. The average Bonchev–Trinajstić information content (AvgIpc) is 2.49. The summed E-state index contributed by atoms with van der Waals surface area (Å²) in [4.78, 5) is 10.7. The molecule has 0 aliphatic heterocycles. The quantitative estimate of drug-likeness (QED) is 0.251. The van der Waals surface area contributed by atoms with Crippen LogP contribution in [0.25, 0.3) is 0 Å². The summed E-state index contributed by atoms with van der Waals surface area (Å²) in [5.41, 5.74) is 0.152. The Morgan fingerprint density at radius 1 is 1.08 bits per heavy atom. The molecule has 0 spiro atoms. The highest BCUT2D eigenvalue weighted by Gasteiger charge is 2.25. The molecule has 0 unspecified atom stereocenters. The number of nitro benzene ring substituents is 1. The molecule has 0 saturated heterocycles. The monoisotopic (exact) mass is 371 g/mol. The van der Waals surface area contributed by atoms with Gasteiger partial charge in [0.2, 0.25) is 5.75 Å². The first-order valence-electron chi connectivity index (χ1n) is 8.78. The molecule has 142 valence electrons. The van der Waals surface area contributed by atoms with Crippen LogP contribution in [0.3, 0.4) is 0 Å². The molecule has 0 radical (unpaired) electrons. The summed E-state index contributed by atoms with van der Waals surface area (Å²) < 4.78 is 29.2. The van der Waals surface area contributed by atoms with Gasteiger partial charge in [-0.3, -0.25) is 10.1 Å². The Morgan fingerprint density at radius 2 is 1.68 bits per heavy atom. The minimum absolute atomic E-state index is 0.128. The first-order valence-corrected chi connectivity index (χ1v) is 10.4. The molecule has 0 atom stereocenters. The minimum atomic E-state index is -3.84. The molecule has 0 N–H and O–H groups in total. The van der Waals surface area contributed by atoms with Crippen LogP contribution in [0.15, 0.2) is 18.2 Å². The van der Waals surface area contributed by atoms with E-state index in [9.17, 15) is 18.5 Å².